The smallest absolute Gasteiger partial charge is 0.198 e. The van der Waals surface area contributed by atoms with Crippen molar-refractivity contribution in [2.24, 2.45) is 0 Å². The standard InChI is InChI=1S/C20H26O5/c1-15(21)13-19(23,17-9-5-3-6-10-17)25-20(24,14-16(2)22)18-11-7-4-8-12-18/h3-12,15-16,21-24H,13-14H2,1-2H3. The summed E-state index contributed by atoms with van der Waals surface area (Å²) in [4.78, 5) is 0. The predicted octanol–water partition coefficient (Wildman–Crippen LogP) is 2.24. The molecule has 0 amide bonds. The first-order chi connectivity index (χ1) is 11.8. The SMILES string of the molecule is CC(O)CC(O)(OC(O)(CC(C)O)c1ccccc1)c1ccccc1. The lowest BCUT2D eigenvalue weighted by molar-refractivity contribution is -0.360. The van der Waals surface area contributed by atoms with Gasteiger partial charge in [-0.25, -0.2) is 0 Å². The molecular weight excluding hydrogens is 320 g/mol. The number of aliphatic hydroxyl groups is 4. The summed E-state index contributed by atoms with van der Waals surface area (Å²) in [5.41, 5.74) is 0.826. The normalized spacial score (nSPS) is 18.8. The van der Waals surface area contributed by atoms with Gasteiger partial charge in [0.05, 0.1) is 12.2 Å². The lowest BCUT2D eigenvalue weighted by Gasteiger charge is -2.39. The zero-order valence-electron chi connectivity index (χ0n) is 14.5. The van der Waals surface area contributed by atoms with Gasteiger partial charge in [0, 0.05) is 24.0 Å². The maximum Gasteiger partial charge on any atom is 0.198 e. The summed E-state index contributed by atoms with van der Waals surface area (Å²) in [5.74, 6) is -3.84. The van der Waals surface area contributed by atoms with Crippen molar-refractivity contribution in [3.63, 3.8) is 0 Å². The molecule has 2 aromatic carbocycles. The van der Waals surface area contributed by atoms with Gasteiger partial charge in [0.2, 0.25) is 0 Å². The van der Waals surface area contributed by atoms with Gasteiger partial charge in [0.1, 0.15) is 0 Å². The third kappa shape index (κ3) is 5.11. The van der Waals surface area contributed by atoms with Crippen LogP contribution in [-0.4, -0.2) is 32.6 Å². The molecule has 0 aliphatic rings. The fourth-order valence-corrected chi connectivity index (χ4v) is 2.91. The van der Waals surface area contributed by atoms with Gasteiger partial charge in [-0.15, -0.1) is 0 Å². The number of ether oxygens (including phenoxy) is 1. The van der Waals surface area contributed by atoms with Crippen LogP contribution < -0.4 is 0 Å². The Bertz CT molecular complexity index is 586. The lowest BCUT2D eigenvalue weighted by atomic mass is 9.95. The van der Waals surface area contributed by atoms with Crippen LogP contribution >= 0.6 is 0 Å². The van der Waals surface area contributed by atoms with Crippen molar-refractivity contribution in [3.05, 3.63) is 71.8 Å². The molecule has 5 heteroatoms. The van der Waals surface area contributed by atoms with Crippen LogP contribution in [0, 0.1) is 0 Å². The molecule has 136 valence electrons. The van der Waals surface area contributed by atoms with Crippen LogP contribution in [0.5, 0.6) is 0 Å². The fraction of sp³-hybridized carbons (Fsp3) is 0.400. The van der Waals surface area contributed by atoms with E-state index in [-0.39, 0.29) is 12.8 Å². The van der Waals surface area contributed by atoms with Crippen molar-refractivity contribution in [1.82, 2.24) is 0 Å². The van der Waals surface area contributed by atoms with Gasteiger partial charge in [-0.3, -0.25) is 0 Å². The predicted molar refractivity (Wildman–Crippen MR) is 94.4 cm³/mol. The average Bonchev–Trinajstić information content (AvgIpc) is 2.55. The van der Waals surface area contributed by atoms with Gasteiger partial charge in [-0.1, -0.05) is 60.7 Å². The van der Waals surface area contributed by atoms with Gasteiger partial charge in [-0.2, -0.15) is 0 Å². The minimum Gasteiger partial charge on any atom is -0.393 e. The zero-order chi connectivity index (χ0) is 18.5. The molecule has 0 heterocycles. The summed E-state index contributed by atoms with van der Waals surface area (Å²) in [6.45, 7) is 3.07. The average molecular weight is 346 g/mol. The number of aliphatic hydroxyl groups excluding tert-OH is 2. The summed E-state index contributed by atoms with van der Waals surface area (Å²) in [6.07, 6.45) is -1.99. The van der Waals surface area contributed by atoms with Gasteiger partial charge >= 0.3 is 0 Å². The highest BCUT2D eigenvalue weighted by atomic mass is 16.7. The maximum atomic E-state index is 11.1. The van der Waals surface area contributed by atoms with Crippen molar-refractivity contribution < 1.29 is 25.2 Å². The second-order valence-corrected chi connectivity index (χ2v) is 6.51. The molecule has 0 aliphatic carbocycles. The van der Waals surface area contributed by atoms with E-state index < -0.39 is 23.8 Å². The van der Waals surface area contributed by atoms with Crippen molar-refractivity contribution in [2.75, 3.05) is 0 Å². The van der Waals surface area contributed by atoms with Crippen molar-refractivity contribution in [1.29, 1.82) is 0 Å². The highest BCUT2D eigenvalue weighted by molar-refractivity contribution is 5.23. The topological polar surface area (TPSA) is 90.2 Å². The molecule has 25 heavy (non-hydrogen) atoms. The summed E-state index contributed by atoms with van der Waals surface area (Å²) in [7, 11) is 0. The van der Waals surface area contributed by atoms with Gasteiger partial charge in [0.15, 0.2) is 11.6 Å². The molecule has 0 spiro atoms. The Kier molecular flexibility index (Phi) is 6.32. The number of hydrogen-bond donors (Lipinski definition) is 4. The maximum absolute atomic E-state index is 11.1. The fourth-order valence-electron chi connectivity index (χ4n) is 2.91. The van der Waals surface area contributed by atoms with Crippen LogP contribution in [0.25, 0.3) is 0 Å². The first-order valence-electron chi connectivity index (χ1n) is 8.37. The zero-order valence-corrected chi connectivity index (χ0v) is 14.5. The van der Waals surface area contributed by atoms with Crippen LogP contribution in [0.1, 0.15) is 37.8 Å². The molecule has 4 N–H and O–H groups in total. The van der Waals surface area contributed by atoms with E-state index in [1.54, 1.807) is 60.7 Å². The molecule has 0 aliphatic heterocycles. The third-order valence-electron chi connectivity index (χ3n) is 3.93. The molecule has 2 rings (SSSR count). The van der Waals surface area contributed by atoms with E-state index in [1.165, 1.54) is 13.8 Å². The van der Waals surface area contributed by atoms with Gasteiger partial charge in [0.25, 0.3) is 0 Å². The Morgan fingerprint density at radius 2 is 1.04 bits per heavy atom. The first kappa shape index (κ1) is 19.6. The van der Waals surface area contributed by atoms with E-state index in [0.717, 1.165) is 0 Å². The van der Waals surface area contributed by atoms with Crippen LogP contribution in [-0.2, 0) is 16.3 Å². The van der Waals surface area contributed by atoms with E-state index in [1.807, 2.05) is 0 Å². The molecule has 0 saturated carbocycles. The molecule has 0 aromatic heterocycles. The number of hydrogen-bond acceptors (Lipinski definition) is 5. The van der Waals surface area contributed by atoms with Crippen molar-refractivity contribution >= 4 is 0 Å². The summed E-state index contributed by atoms with van der Waals surface area (Å²) < 4.78 is 5.81. The Morgan fingerprint density at radius 1 is 0.720 bits per heavy atom. The molecular formula is C20H26O5. The van der Waals surface area contributed by atoms with Gasteiger partial charge < -0.3 is 25.2 Å². The monoisotopic (exact) mass is 346 g/mol. The highest BCUT2D eigenvalue weighted by Crippen LogP contribution is 2.38. The largest absolute Gasteiger partial charge is 0.393 e. The Balaban J connectivity index is 2.45. The molecule has 0 fully saturated rings. The molecule has 0 bridgehead atoms. The van der Waals surface area contributed by atoms with Crippen molar-refractivity contribution in [3.8, 4) is 0 Å². The summed E-state index contributed by atoms with van der Waals surface area (Å²) in [6, 6.07) is 17.2. The Morgan fingerprint density at radius 3 is 1.32 bits per heavy atom. The third-order valence-corrected chi connectivity index (χ3v) is 3.93. The van der Waals surface area contributed by atoms with Crippen LogP contribution in [0.15, 0.2) is 60.7 Å². The molecule has 4 atom stereocenters. The Hall–Kier alpha value is -1.76. The van der Waals surface area contributed by atoms with Crippen LogP contribution in [0.3, 0.4) is 0 Å². The molecule has 0 saturated heterocycles. The quantitative estimate of drug-likeness (QED) is 0.551. The highest BCUT2D eigenvalue weighted by Gasteiger charge is 2.43. The van der Waals surface area contributed by atoms with E-state index in [0.29, 0.717) is 11.1 Å². The number of rotatable bonds is 8. The number of benzene rings is 2. The molecule has 2 aromatic rings. The van der Waals surface area contributed by atoms with E-state index in [9.17, 15) is 20.4 Å². The van der Waals surface area contributed by atoms with Gasteiger partial charge in [-0.05, 0) is 13.8 Å². The summed E-state index contributed by atoms with van der Waals surface area (Å²) >= 11 is 0. The lowest BCUT2D eigenvalue weighted by Crippen LogP contribution is -2.44. The van der Waals surface area contributed by atoms with Crippen molar-refractivity contribution in [2.45, 2.75) is 50.5 Å². The first-order valence-corrected chi connectivity index (χ1v) is 8.37. The molecule has 4 unspecified atom stereocenters. The Labute approximate surface area is 148 Å². The summed E-state index contributed by atoms with van der Waals surface area (Å²) in [5, 5.41) is 41.9. The van der Waals surface area contributed by atoms with E-state index in [2.05, 4.69) is 0 Å². The second-order valence-electron chi connectivity index (χ2n) is 6.51. The van der Waals surface area contributed by atoms with Crippen LogP contribution in [0.4, 0.5) is 0 Å². The molecule has 5 nitrogen and oxygen atoms in total. The molecule has 0 radical (unpaired) electrons. The second kappa shape index (κ2) is 8.08. The minimum atomic E-state index is -1.92. The van der Waals surface area contributed by atoms with E-state index in [4.69, 9.17) is 4.74 Å². The minimum absolute atomic E-state index is 0.133. The van der Waals surface area contributed by atoms with Crippen LogP contribution in [0.2, 0.25) is 0 Å². The van der Waals surface area contributed by atoms with E-state index >= 15 is 0 Å².